The number of ketones is 1. The van der Waals surface area contributed by atoms with Crippen molar-refractivity contribution in [1.82, 2.24) is 4.98 Å². The first kappa shape index (κ1) is 25.0. The normalized spacial score (nSPS) is 15.6. The average Bonchev–Trinajstić information content (AvgIpc) is 3.62. The van der Waals surface area contributed by atoms with Crippen LogP contribution in [0, 0.1) is 6.92 Å². The molecular formula is C28H26N2O5S2. The van der Waals surface area contributed by atoms with E-state index in [1.54, 1.807) is 35.7 Å². The average molecular weight is 535 g/mol. The number of thiophene rings is 1. The number of Topliss-reactive ketones (excluding diaryl/α,β-unsaturated/α-hetero) is 1. The Labute approximate surface area is 222 Å². The minimum atomic E-state index is -0.886. The third kappa shape index (κ3) is 4.60. The fourth-order valence-electron chi connectivity index (χ4n) is 4.31. The van der Waals surface area contributed by atoms with Crippen LogP contribution in [0.4, 0.5) is 5.13 Å². The van der Waals surface area contributed by atoms with E-state index in [0.29, 0.717) is 40.3 Å². The second-order valence-corrected chi connectivity index (χ2v) is 10.6. The lowest BCUT2D eigenvalue weighted by atomic mass is 9.95. The van der Waals surface area contributed by atoms with E-state index in [-0.39, 0.29) is 5.57 Å². The van der Waals surface area contributed by atoms with Gasteiger partial charge in [-0.1, -0.05) is 36.5 Å². The van der Waals surface area contributed by atoms with Crippen molar-refractivity contribution in [1.29, 1.82) is 0 Å². The predicted octanol–water partition coefficient (Wildman–Crippen LogP) is 6.64. The van der Waals surface area contributed by atoms with E-state index in [9.17, 15) is 14.7 Å². The van der Waals surface area contributed by atoms with Crippen LogP contribution < -0.4 is 14.4 Å². The first-order chi connectivity index (χ1) is 17.9. The molecule has 1 N–H and O–H groups in total. The van der Waals surface area contributed by atoms with Gasteiger partial charge in [0.15, 0.2) is 22.4 Å². The van der Waals surface area contributed by atoms with Gasteiger partial charge in [-0.15, -0.1) is 11.3 Å². The zero-order chi connectivity index (χ0) is 26.1. The highest BCUT2D eigenvalue weighted by Crippen LogP contribution is 2.46. The zero-order valence-corrected chi connectivity index (χ0v) is 22.3. The standard InChI is InChI=1S/C28H26N2O5S2/c1-4-12-35-19-11-9-17(15-20(19)34-5-2)24-23(25(31)21-7-6-13-36-21)26(32)27(33)30(24)28-29-18-10-8-16(3)14-22(18)37-28/h6-11,13-15,24,32H,4-5,12H2,1-3H3. The molecule has 0 saturated carbocycles. The molecule has 5 rings (SSSR count). The molecule has 1 aliphatic heterocycles. The number of hydrogen-bond donors (Lipinski definition) is 1. The van der Waals surface area contributed by atoms with Crippen LogP contribution in [0.15, 0.2) is 65.2 Å². The predicted molar refractivity (Wildman–Crippen MR) is 146 cm³/mol. The van der Waals surface area contributed by atoms with E-state index >= 15 is 0 Å². The lowest BCUT2D eigenvalue weighted by Crippen LogP contribution is -2.31. The molecule has 7 nitrogen and oxygen atoms in total. The number of hydrogen-bond acceptors (Lipinski definition) is 8. The van der Waals surface area contributed by atoms with Crippen LogP contribution >= 0.6 is 22.7 Å². The van der Waals surface area contributed by atoms with Crippen LogP contribution in [0.3, 0.4) is 0 Å². The summed E-state index contributed by atoms with van der Waals surface area (Å²) in [6, 6.07) is 13.8. The monoisotopic (exact) mass is 534 g/mol. The third-order valence-electron chi connectivity index (χ3n) is 5.98. The maximum Gasteiger partial charge on any atom is 0.296 e. The molecule has 0 aliphatic carbocycles. The molecule has 0 spiro atoms. The Kier molecular flexibility index (Phi) is 6.99. The highest BCUT2D eigenvalue weighted by molar-refractivity contribution is 7.22. The minimum Gasteiger partial charge on any atom is -0.503 e. The number of benzene rings is 2. The molecular weight excluding hydrogens is 508 g/mol. The molecule has 1 unspecified atom stereocenters. The van der Waals surface area contributed by atoms with Gasteiger partial charge in [0.1, 0.15) is 0 Å². The second-order valence-electron chi connectivity index (χ2n) is 8.60. The maximum absolute atomic E-state index is 13.6. The van der Waals surface area contributed by atoms with Crippen molar-refractivity contribution >= 4 is 49.7 Å². The van der Waals surface area contributed by atoms with Crippen LogP contribution in [0.2, 0.25) is 0 Å². The van der Waals surface area contributed by atoms with Crippen LogP contribution in [0.5, 0.6) is 11.5 Å². The number of rotatable bonds is 9. The number of carbonyl (C=O) groups excluding carboxylic acids is 2. The largest absolute Gasteiger partial charge is 0.503 e. The summed E-state index contributed by atoms with van der Waals surface area (Å²) >= 11 is 2.61. The second kappa shape index (κ2) is 10.4. The number of nitrogens with zero attached hydrogens (tertiary/aromatic N) is 2. The number of carbonyl (C=O) groups is 2. The molecule has 9 heteroatoms. The quantitative estimate of drug-likeness (QED) is 0.242. The molecule has 2 aromatic heterocycles. The van der Waals surface area contributed by atoms with Gasteiger partial charge in [0, 0.05) is 0 Å². The molecule has 1 atom stereocenters. The van der Waals surface area contributed by atoms with Crippen LogP contribution in [0.25, 0.3) is 10.2 Å². The minimum absolute atomic E-state index is 0.0209. The molecule has 3 heterocycles. The van der Waals surface area contributed by atoms with Gasteiger partial charge in [0.05, 0.1) is 39.9 Å². The van der Waals surface area contributed by atoms with Crippen LogP contribution in [0.1, 0.15) is 47.1 Å². The van der Waals surface area contributed by atoms with E-state index in [2.05, 4.69) is 0 Å². The Hall–Kier alpha value is -3.69. The van der Waals surface area contributed by atoms with E-state index < -0.39 is 23.5 Å². The smallest absolute Gasteiger partial charge is 0.296 e. The summed E-state index contributed by atoms with van der Waals surface area (Å²) in [5.41, 5.74) is 2.45. The van der Waals surface area contributed by atoms with Crippen LogP contribution in [-0.4, -0.2) is 35.0 Å². The maximum atomic E-state index is 13.6. The summed E-state index contributed by atoms with van der Waals surface area (Å²) in [6.45, 7) is 6.83. The summed E-state index contributed by atoms with van der Waals surface area (Å²) in [5.74, 6) is -0.532. The Morgan fingerprint density at radius 2 is 1.95 bits per heavy atom. The molecule has 0 fully saturated rings. The van der Waals surface area contributed by atoms with Crippen molar-refractivity contribution in [2.75, 3.05) is 18.1 Å². The van der Waals surface area contributed by atoms with Crippen molar-refractivity contribution < 1.29 is 24.2 Å². The van der Waals surface area contributed by atoms with Crippen molar-refractivity contribution in [2.24, 2.45) is 0 Å². The third-order valence-corrected chi connectivity index (χ3v) is 7.87. The number of aryl methyl sites for hydroxylation is 1. The van der Waals surface area contributed by atoms with E-state index in [1.165, 1.54) is 27.6 Å². The highest BCUT2D eigenvalue weighted by Gasteiger charge is 2.46. The lowest BCUT2D eigenvalue weighted by Gasteiger charge is -2.25. The van der Waals surface area contributed by atoms with Crippen molar-refractivity contribution in [3.05, 3.63) is 81.2 Å². The summed E-state index contributed by atoms with van der Waals surface area (Å²) in [5, 5.41) is 13.2. The molecule has 1 aliphatic rings. The zero-order valence-electron chi connectivity index (χ0n) is 20.7. The van der Waals surface area contributed by atoms with E-state index in [0.717, 1.165) is 22.2 Å². The fraction of sp³-hybridized carbons (Fsp3) is 0.250. The number of aliphatic hydroxyl groups is 1. The SMILES string of the molecule is CCCOc1ccc(C2C(C(=O)c3cccs3)=C(O)C(=O)N2c2nc3ccc(C)cc3s2)cc1OCC. The van der Waals surface area contributed by atoms with Crippen molar-refractivity contribution in [3.8, 4) is 11.5 Å². The molecule has 0 bridgehead atoms. The van der Waals surface area contributed by atoms with Gasteiger partial charge in [0.2, 0.25) is 5.78 Å². The van der Waals surface area contributed by atoms with Gasteiger partial charge in [0.25, 0.3) is 5.91 Å². The number of thiazole rings is 1. The number of fused-ring (bicyclic) bond motifs is 1. The van der Waals surface area contributed by atoms with Crippen molar-refractivity contribution in [2.45, 2.75) is 33.2 Å². The van der Waals surface area contributed by atoms with Gasteiger partial charge in [-0.2, -0.15) is 0 Å². The van der Waals surface area contributed by atoms with Gasteiger partial charge in [-0.25, -0.2) is 4.98 Å². The number of aromatic nitrogens is 1. The number of ether oxygens (including phenoxy) is 2. The van der Waals surface area contributed by atoms with Gasteiger partial charge < -0.3 is 14.6 Å². The van der Waals surface area contributed by atoms with Crippen molar-refractivity contribution in [3.63, 3.8) is 0 Å². The summed E-state index contributed by atoms with van der Waals surface area (Å²) in [7, 11) is 0. The highest BCUT2D eigenvalue weighted by atomic mass is 32.1. The molecule has 2 aromatic carbocycles. The molecule has 37 heavy (non-hydrogen) atoms. The van der Waals surface area contributed by atoms with Gasteiger partial charge >= 0.3 is 0 Å². The Morgan fingerprint density at radius 3 is 2.68 bits per heavy atom. The number of amides is 1. The molecule has 190 valence electrons. The van der Waals surface area contributed by atoms with E-state index in [4.69, 9.17) is 14.5 Å². The molecule has 0 radical (unpaired) electrons. The lowest BCUT2D eigenvalue weighted by molar-refractivity contribution is -0.117. The van der Waals surface area contributed by atoms with Gasteiger partial charge in [-0.3, -0.25) is 14.5 Å². The Bertz CT molecular complexity index is 1510. The first-order valence-corrected chi connectivity index (χ1v) is 13.7. The number of anilines is 1. The molecule has 0 saturated heterocycles. The summed E-state index contributed by atoms with van der Waals surface area (Å²) in [6.07, 6.45) is 0.839. The Balaban J connectivity index is 1.67. The fourth-order valence-corrected chi connectivity index (χ4v) is 6.08. The van der Waals surface area contributed by atoms with Gasteiger partial charge in [-0.05, 0) is 67.1 Å². The molecule has 4 aromatic rings. The number of aliphatic hydroxyl groups excluding tert-OH is 1. The Morgan fingerprint density at radius 1 is 1.11 bits per heavy atom. The molecule has 1 amide bonds. The topological polar surface area (TPSA) is 89.0 Å². The summed E-state index contributed by atoms with van der Waals surface area (Å²) in [4.78, 5) is 33.7. The first-order valence-electron chi connectivity index (χ1n) is 12.0. The van der Waals surface area contributed by atoms with Crippen LogP contribution in [-0.2, 0) is 4.79 Å². The van der Waals surface area contributed by atoms with E-state index in [1.807, 2.05) is 39.0 Å². The summed E-state index contributed by atoms with van der Waals surface area (Å²) < 4.78 is 12.6.